The molecule has 4 heteroatoms. The van der Waals surface area contributed by atoms with E-state index >= 15 is 0 Å². The average Bonchev–Trinajstić information content (AvgIpc) is 2.28. The fraction of sp³-hybridized carbons (Fsp3) is 0.0769. The van der Waals surface area contributed by atoms with E-state index in [0.717, 1.165) is 0 Å². The normalized spacial score (nSPS) is 9.59. The van der Waals surface area contributed by atoms with Gasteiger partial charge in [0.05, 0.1) is 5.69 Å². The van der Waals surface area contributed by atoms with Crippen molar-refractivity contribution in [1.29, 1.82) is 0 Å². The lowest BCUT2D eigenvalue weighted by atomic mass is 10.1. The monoisotopic (exact) mass is 246 g/mol. The molecule has 0 N–H and O–H groups in total. The van der Waals surface area contributed by atoms with E-state index in [-0.39, 0.29) is 11.1 Å². The second-order valence-electron chi connectivity index (χ2n) is 3.31. The molecular weight excluding hydrogens is 239 g/mol. The molecule has 0 unspecified atom stereocenters. The lowest BCUT2D eigenvalue weighted by Gasteiger charge is -2.02. The predicted octanol–water partition coefficient (Wildman–Crippen LogP) is 3.31. The summed E-state index contributed by atoms with van der Waals surface area (Å²) in [5.41, 5.74) is 1.81. The summed E-state index contributed by atoms with van der Waals surface area (Å²) in [7, 11) is 0. The molecule has 0 saturated carbocycles. The minimum Gasteiger partial charge on any atom is -0.226 e. The number of nitrogens with zero attached hydrogens (tertiary/aromatic N) is 2. The van der Waals surface area contributed by atoms with Gasteiger partial charge in [-0.15, -0.1) is 5.92 Å². The number of halogens is 2. The Kier molecular flexibility index (Phi) is 3.36. The first-order valence-electron chi connectivity index (χ1n) is 4.91. The van der Waals surface area contributed by atoms with Gasteiger partial charge in [0.25, 0.3) is 0 Å². The molecule has 17 heavy (non-hydrogen) atoms. The van der Waals surface area contributed by atoms with Crippen LogP contribution in [0.3, 0.4) is 0 Å². The van der Waals surface area contributed by atoms with Crippen LogP contribution < -0.4 is 0 Å². The van der Waals surface area contributed by atoms with Gasteiger partial charge >= 0.3 is 0 Å². The maximum atomic E-state index is 13.4. The van der Waals surface area contributed by atoms with Crippen LogP contribution in [0.15, 0.2) is 30.5 Å². The van der Waals surface area contributed by atoms with Gasteiger partial charge < -0.3 is 0 Å². The van der Waals surface area contributed by atoms with Crippen molar-refractivity contribution in [2.75, 3.05) is 0 Å². The van der Waals surface area contributed by atoms with Crippen LogP contribution in [0.1, 0.15) is 12.5 Å². The Hall–Kier alpha value is -1.92. The molecule has 0 aliphatic carbocycles. The molecule has 2 nitrogen and oxygen atoms in total. The zero-order chi connectivity index (χ0) is 12.3. The Bertz CT molecular complexity index is 614. The zero-order valence-electron chi connectivity index (χ0n) is 9.04. The fourth-order valence-electron chi connectivity index (χ4n) is 1.45. The fourth-order valence-corrected chi connectivity index (χ4v) is 1.60. The lowest BCUT2D eigenvalue weighted by molar-refractivity contribution is 0.628. The van der Waals surface area contributed by atoms with Crippen molar-refractivity contribution < 1.29 is 4.39 Å². The molecule has 2 aromatic rings. The van der Waals surface area contributed by atoms with Crippen molar-refractivity contribution in [3.05, 3.63) is 47.1 Å². The number of hydrogen-bond acceptors (Lipinski definition) is 2. The summed E-state index contributed by atoms with van der Waals surface area (Å²) in [6.45, 7) is 1.70. The zero-order valence-corrected chi connectivity index (χ0v) is 9.79. The maximum absolute atomic E-state index is 13.4. The molecule has 0 radical (unpaired) electrons. The molecule has 0 spiro atoms. The van der Waals surface area contributed by atoms with Crippen LogP contribution in [0, 0.1) is 17.7 Å². The third-order valence-electron chi connectivity index (χ3n) is 2.09. The molecule has 0 aliphatic rings. The summed E-state index contributed by atoms with van der Waals surface area (Å²) in [6.07, 6.45) is 1.53. The van der Waals surface area contributed by atoms with E-state index in [4.69, 9.17) is 11.6 Å². The minimum absolute atomic E-state index is 0.134. The molecule has 1 aromatic carbocycles. The molecule has 0 amide bonds. The van der Waals surface area contributed by atoms with Crippen molar-refractivity contribution in [2.24, 2.45) is 0 Å². The largest absolute Gasteiger partial charge is 0.226 e. The Morgan fingerprint density at radius 1 is 1.29 bits per heavy atom. The molecular formula is C13H8ClFN2. The van der Waals surface area contributed by atoms with Gasteiger partial charge in [-0.1, -0.05) is 5.92 Å². The van der Waals surface area contributed by atoms with Crippen LogP contribution in [0.4, 0.5) is 4.39 Å². The van der Waals surface area contributed by atoms with Crippen molar-refractivity contribution >= 4 is 11.6 Å². The first-order chi connectivity index (χ1) is 8.19. The highest BCUT2D eigenvalue weighted by molar-refractivity contribution is 6.28. The van der Waals surface area contributed by atoms with Crippen molar-refractivity contribution in [3.63, 3.8) is 0 Å². The summed E-state index contributed by atoms with van der Waals surface area (Å²) in [5.74, 6) is 5.18. The molecule has 0 bridgehead atoms. The first kappa shape index (κ1) is 11.6. The summed E-state index contributed by atoms with van der Waals surface area (Å²) in [6, 6.07) is 6.20. The van der Waals surface area contributed by atoms with Crippen LogP contribution in [-0.4, -0.2) is 9.97 Å². The highest BCUT2D eigenvalue weighted by Gasteiger charge is 2.04. The van der Waals surface area contributed by atoms with Gasteiger partial charge in [-0.25, -0.2) is 14.4 Å². The van der Waals surface area contributed by atoms with Gasteiger partial charge in [0.2, 0.25) is 5.28 Å². The van der Waals surface area contributed by atoms with Gasteiger partial charge in [-0.2, -0.15) is 0 Å². The smallest absolute Gasteiger partial charge is 0.222 e. The number of rotatable bonds is 1. The quantitative estimate of drug-likeness (QED) is 0.570. The third-order valence-corrected chi connectivity index (χ3v) is 2.27. The summed E-state index contributed by atoms with van der Waals surface area (Å²) >= 11 is 5.69. The Morgan fingerprint density at radius 2 is 2.12 bits per heavy atom. The molecule has 0 saturated heterocycles. The molecule has 0 fully saturated rings. The molecule has 1 heterocycles. The van der Waals surface area contributed by atoms with Gasteiger partial charge in [0.15, 0.2) is 0 Å². The molecule has 0 aliphatic heterocycles. The van der Waals surface area contributed by atoms with Gasteiger partial charge in [0.1, 0.15) is 5.82 Å². The Labute approximate surface area is 103 Å². The number of hydrogen-bond donors (Lipinski definition) is 0. The van der Waals surface area contributed by atoms with E-state index in [9.17, 15) is 4.39 Å². The van der Waals surface area contributed by atoms with E-state index in [2.05, 4.69) is 21.8 Å². The average molecular weight is 247 g/mol. The highest BCUT2D eigenvalue weighted by atomic mass is 35.5. The van der Waals surface area contributed by atoms with Crippen molar-refractivity contribution in [2.45, 2.75) is 6.92 Å². The van der Waals surface area contributed by atoms with E-state index in [1.54, 1.807) is 19.1 Å². The van der Waals surface area contributed by atoms with E-state index in [0.29, 0.717) is 16.8 Å². The molecule has 1 aromatic heterocycles. The van der Waals surface area contributed by atoms with Gasteiger partial charge in [-0.05, 0) is 42.8 Å². The van der Waals surface area contributed by atoms with Crippen LogP contribution in [-0.2, 0) is 0 Å². The molecule has 2 rings (SSSR count). The van der Waals surface area contributed by atoms with E-state index in [1.807, 2.05) is 0 Å². The molecule has 0 atom stereocenters. The lowest BCUT2D eigenvalue weighted by Crippen LogP contribution is -1.89. The molecule has 84 valence electrons. The number of aromatic nitrogens is 2. The Balaban J connectivity index is 2.54. The van der Waals surface area contributed by atoms with Crippen LogP contribution in [0.2, 0.25) is 5.28 Å². The maximum Gasteiger partial charge on any atom is 0.222 e. The van der Waals surface area contributed by atoms with Gasteiger partial charge in [0, 0.05) is 17.3 Å². The third kappa shape index (κ3) is 2.80. The SMILES string of the molecule is CC#Cc1cc(F)cc(-c2ccnc(Cl)n2)c1. The minimum atomic E-state index is -0.352. The predicted molar refractivity (Wildman–Crippen MR) is 65.0 cm³/mol. The second-order valence-corrected chi connectivity index (χ2v) is 3.65. The van der Waals surface area contributed by atoms with Crippen molar-refractivity contribution in [1.82, 2.24) is 9.97 Å². The summed E-state index contributed by atoms with van der Waals surface area (Å²) in [5, 5.41) is 0.134. The first-order valence-corrected chi connectivity index (χ1v) is 5.29. The van der Waals surface area contributed by atoms with Crippen LogP contribution in [0.5, 0.6) is 0 Å². The van der Waals surface area contributed by atoms with Crippen molar-refractivity contribution in [3.8, 4) is 23.1 Å². The topological polar surface area (TPSA) is 25.8 Å². The summed E-state index contributed by atoms with van der Waals surface area (Å²) in [4.78, 5) is 7.80. The number of benzene rings is 1. The summed E-state index contributed by atoms with van der Waals surface area (Å²) < 4.78 is 13.4. The van der Waals surface area contributed by atoms with Crippen LogP contribution >= 0.6 is 11.6 Å². The Morgan fingerprint density at radius 3 is 2.82 bits per heavy atom. The highest BCUT2D eigenvalue weighted by Crippen LogP contribution is 2.20. The van der Waals surface area contributed by atoms with E-state index < -0.39 is 0 Å². The standard InChI is InChI=1S/C13H8ClFN2/c1-2-3-9-6-10(8-11(15)7-9)12-4-5-16-13(14)17-12/h4-8H,1H3. The van der Waals surface area contributed by atoms with Crippen LogP contribution in [0.25, 0.3) is 11.3 Å². The van der Waals surface area contributed by atoms with Gasteiger partial charge in [-0.3, -0.25) is 0 Å². The van der Waals surface area contributed by atoms with E-state index in [1.165, 1.54) is 18.3 Å². The second kappa shape index (κ2) is 4.94.